The van der Waals surface area contributed by atoms with E-state index < -0.39 is 60.4 Å². The highest BCUT2D eigenvalue weighted by Gasteiger charge is 2.50. The fourth-order valence-electron chi connectivity index (χ4n) is 11.4. The summed E-state index contributed by atoms with van der Waals surface area (Å²) in [6.45, 7) is 21.0. The fourth-order valence-corrected chi connectivity index (χ4v) is 13.4. The van der Waals surface area contributed by atoms with Crippen LogP contribution in [0.3, 0.4) is 0 Å². The van der Waals surface area contributed by atoms with Gasteiger partial charge in [-0.25, -0.2) is 45.5 Å². The number of sulfone groups is 1. The van der Waals surface area contributed by atoms with Crippen molar-refractivity contribution in [3.63, 3.8) is 0 Å². The first-order valence-electron chi connectivity index (χ1n) is 33.2. The number of oxime groups is 1. The number of aliphatic hydroxyl groups is 1. The molecule has 106 heavy (non-hydrogen) atoms. The standard InChI is InChI=1S/C23H32N2O4.C16H18Cl2N2O4.C16H19F2N3O6S.C16H17N3O5S/c1-7-16-13-15(3)14-17(8-2)18(16)19-20(26)24-9-11-28-12-10-25(24)21(19)29-22(27)23(4,5)6;1-4-23-14(21)12-9-16(3,15(22)24-5-2)20(19-12)13-7-6-10(17)8-11(13)18;1-25-8-9-5-4-6-10(13(9)21-28(23,24)16(17)18)14(22)15-19-11(26-2)7-12(20-15)27-3;1-9-10(15(20)11-8-17-19(2)16(11)21)4-5-13(25(3,22)23)14(9)12-6-7-24-18-12/h13-14H,7-12H2,1-6H3;6-8H,4-5,9H2,1-3H3;4-7,14,16,21-22H,8H2,1-3H3;4-5,8,21H,6-7H2,1-3H3. The van der Waals surface area contributed by atoms with Gasteiger partial charge in [-0.2, -0.15) is 28.9 Å². The molecule has 4 aromatic carbocycles. The molecule has 3 aromatic heterocycles. The van der Waals surface area contributed by atoms with Crippen LogP contribution in [0.4, 0.5) is 20.2 Å². The first-order chi connectivity index (χ1) is 50.0. The van der Waals surface area contributed by atoms with E-state index in [0.717, 1.165) is 35.8 Å². The van der Waals surface area contributed by atoms with Crippen LogP contribution in [0.25, 0.3) is 11.1 Å². The van der Waals surface area contributed by atoms with E-state index in [1.54, 1.807) is 55.3 Å². The SMILES string of the molecule is CCOC(=O)C1=NN(c2ccc(Cl)cc2Cl)C(C)(C(=O)OCC)C1.CCc1cc(C)cc(CC)c1-c1c(OC(=O)C(C)(C)C)n2n(c1=O)CCOCC2.COCc1cccc(C(O)c2nc(OC)cc(OC)n2)c1NS(=O)(=O)C(F)F.Cc1c(C(=O)c2cnn(C)c2O)ccc(S(C)(=O)=O)c1C1=NOCC1. The third-order valence-corrected chi connectivity index (χ3v) is 19.3. The van der Waals surface area contributed by atoms with E-state index in [-0.39, 0.29) is 99.8 Å². The molecule has 6 heterocycles. The van der Waals surface area contributed by atoms with Gasteiger partial charge in [0.2, 0.25) is 23.5 Å². The predicted molar refractivity (Wildman–Crippen MR) is 391 cm³/mol. The number of nitrogens with one attached hydrogen (secondary N) is 1. The van der Waals surface area contributed by atoms with E-state index in [1.807, 2.05) is 25.5 Å². The number of aromatic hydroxyl groups is 1. The third kappa shape index (κ3) is 19.2. The van der Waals surface area contributed by atoms with Gasteiger partial charge in [-0.15, -0.1) is 0 Å². The molecule has 0 radical (unpaired) electrons. The number of aryl methyl sites for hydroxylation is 4. The molecule has 0 bridgehead atoms. The van der Waals surface area contributed by atoms with Crippen molar-refractivity contribution in [2.24, 2.45) is 22.7 Å². The lowest BCUT2D eigenvalue weighted by molar-refractivity contribution is -0.148. The number of ether oxygens (including phenoxy) is 7. The maximum atomic E-state index is 13.5. The monoisotopic (exact) mass is 1550 g/mol. The summed E-state index contributed by atoms with van der Waals surface area (Å²) in [6, 6.07) is 17.6. The lowest BCUT2D eigenvalue weighted by Gasteiger charge is -2.32. The van der Waals surface area contributed by atoms with Gasteiger partial charge in [0.15, 0.2) is 27.0 Å². The lowest BCUT2D eigenvalue weighted by atomic mass is 9.91. The van der Waals surface area contributed by atoms with E-state index in [4.69, 9.17) is 61.2 Å². The molecule has 0 aliphatic carbocycles. The summed E-state index contributed by atoms with van der Waals surface area (Å²) in [4.78, 5) is 76.8. The van der Waals surface area contributed by atoms with Gasteiger partial charge in [-0.3, -0.25) is 19.1 Å². The highest BCUT2D eigenvalue weighted by Crippen LogP contribution is 2.41. The van der Waals surface area contributed by atoms with Gasteiger partial charge in [0.25, 0.3) is 15.6 Å². The van der Waals surface area contributed by atoms with E-state index in [1.165, 1.54) is 86.2 Å². The topological polar surface area (TPSA) is 361 Å². The third-order valence-electron chi connectivity index (χ3n) is 16.6. The second kappa shape index (κ2) is 35.8. The largest absolute Gasteiger partial charge is 0.493 e. The van der Waals surface area contributed by atoms with Crippen LogP contribution in [0, 0.1) is 19.3 Å². The minimum atomic E-state index is -5.00. The molecule has 7 aromatic rings. The number of halogens is 4. The number of hydrogen-bond donors (Lipinski definition) is 3. The van der Waals surface area contributed by atoms with Crippen molar-refractivity contribution in [3.8, 4) is 34.6 Å². The Morgan fingerprint density at radius 1 is 0.811 bits per heavy atom. The van der Waals surface area contributed by atoms with Crippen molar-refractivity contribution in [2.75, 3.05) is 70.4 Å². The van der Waals surface area contributed by atoms with Crippen LogP contribution in [0.5, 0.6) is 23.5 Å². The van der Waals surface area contributed by atoms with Gasteiger partial charge in [0.05, 0.1) is 105 Å². The van der Waals surface area contributed by atoms with Gasteiger partial charge in [-0.1, -0.05) is 78.1 Å². The molecule has 3 aliphatic rings. The first-order valence-corrected chi connectivity index (χ1v) is 37.4. The number of ketones is 1. The smallest absolute Gasteiger partial charge is 0.355 e. The van der Waals surface area contributed by atoms with E-state index in [9.17, 15) is 59.8 Å². The summed E-state index contributed by atoms with van der Waals surface area (Å²) in [5.74, 6) is -5.44. The number of aromatic nitrogens is 6. The number of carbonyl (C=O) groups is 4. The minimum Gasteiger partial charge on any atom is -0.493 e. The van der Waals surface area contributed by atoms with Crippen LogP contribution >= 0.6 is 23.2 Å². The van der Waals surface area contributed by atoms with Crippen LogP contribution in [0.2, 0.25) is 10.0 Å². The average molecular weight is 1560 g/mol. The normalized spacial score (nSPS) is 15.2. The molecule has 0 saturated carbocycles. The number of carbonyl (C=O) groups excluding carboxylic acids is 4. The van der Waals surface area contributed by atoms with Crippen molar-refractivity contribution in [1.29, 1.82) is 0 Å². The Morgan fingerprint density at radius 2 is 1.44 bits per heavy atom. The molecule has 2 unspecified atom stereocenters. The quantitative estimate of drug-likeness (QED) is 0.0419. The Morgan fingerprint density at radius 3 is 1.97 bits per heavy atom. The summed E-state index contributed by atoms with van der Waals surface area (Å²) >= 11 is 12.2. The van der Waals surface area contributed by atoms with Gasteiger partial charge >= 0.3 is 23.7 Å². The number of anilines is 2. The van der Waals surface area contributed by atoms with Crippen molar-refractivity contribution in [2.45, 2.75) is 137 Å². The highest BCUT2D eigenvalue weighted by molar-refractivity contribution is 7.93. The Bertz CT molecular complexity index is 4740. The van der Waals surface area contributed by atoms with Crippen molar-refractivity contribution in [1.82, 2.24) is 29.1 Å². The van der Waals surface area contributed by atoms with Crippen LogP contribution < -0.4 is 29.5 Å². The summed E-state index contributed by atoms with van der Waals surface area (Å²) in [5.41, 5.74) is 4.99. The molecule has 574 valence electrons. The molecule has 0 fully saturated rings. The summed E-state index contributed by atoms with van der Waals surface area (Å²) in [6.07, 6.45) is 2.92. The molecule has 0 amide bonds. The number of hydrazone groups is 1. The Labute approximate surface area is 622 Å². The Balaban J connectivity index is 0.000000198. The molecular formula is C71H86Cl2F2N10O19S2. The number of alkyl halides is 2. The number of esters is 3. The summed E-state index contributed by atoms with van der Waals surface area (Å²) in [7, 11) is -2.95. The zero-order valence-corrected chi connectivity index (χ0v) is 64.4. The molecule has 0 spiro atoms. The Hall–Kier alpha value is -9.38. The lowest BCUT2D eigenvalue weighted by Crippen LogP contribution is -2.48. The summed E-state index contributed by atoms with van der Waals surface area (Å²) in [5, 5.41) is 34.9. The van der Waals surface area contributed by atoms with E-state index in [0.29, 0.717) is 83.3 Å². The van der Waals surface area contributed by atoms with Gasteiger partial charge in [-0.05, 0) is 121 Å². The molecule has 10 rings (SSSR count). The van der Waals surface area contributed by atoms with Crippen molar-refractivity contribution in [3.05, 3.63) is 149 Å². The molecule has 0 saturated heterocycles. The number of sulfonamides is 1. The number of benzene rings is 4. The zero-order valence-electron chi connectivity index (χ0n) is 61.3. The second-order valence-corrected chi connectivity index (χ2v) is 29.7. The van der Waals surface area contributed by atoms with Crippen LogP contribution in [-0.4, -0.2) is 163 Å². The number of hydrogen-bond acceptors (Lipinski definition) is 25. The van der Waals surface area contributed by atoms with Crippen LogP contribution in [-0.2, 0) is 97.6 Å². The number of rotatable bonds is 22. The number of para-hydroxylation sites is 1. The van der Waals surface area contributed by atoms with Gasteiger partial charge in [0.1, 0.15) is 29.5 Å². The molecule has 35 heteroatoms. The molecular weight excluding hydrogens is 1470 g/mol. The minimum absolute atomic E-state index is 0.0471. The van der Waals surface area contributed by atoms with E-state index in [2.05, 4.69) is 58.2 Å². The van der Waals surface area contributed by atoms with Crippen LogP contribution in [0.15, 0.2) is 92.9 Å². The highest BCUT2D eigenvalue weighted by atomic mass is 35.5. The molecule has 3 N–H and O–H groups in total. The fraction of sp³-hybridized carbons (Fsp3) is 0.437. The summed E-state index contributed by atoms with van der Waals surface area (Å²) < 4.78 is 116. The average Bonchev–Trinajstić information content (AvgIpc) is 1.65. The Kier molecular flexibility index (Phi) is 28.3. The molecule has 3 aliphatic heterocycles. The first kappa shape index (κ1) is 83.9. The van der Waals surface area contributed by atoms with Crippen molar-refractivity contribution < 1.29 is 93.0 Å². The molecule has 29 nitrogen and oxygen atoms in total. The van der Waals surface area contributed by atoms with Gasteiger partial charge in [0, 0.05) is 60.5 Å². The number of methoxy groups -OCH3 is 3. The van der Waals surface area contributed by atoms with Crippen LogP contribution in [0.1, 0.15) is 135 Å². The zero-order chi connectivity index (χ0) is 78.5. The number of aliphatic hydroxyl groups excluding tert-OH is 1. The molecule has 2 atom stereocenters. The number of fused-ring (bicyclic) bond motifs is 1. The van der Waals surface area contributed by atoms with Gasteiger partial charge < -0.3 is 48.2 Å². The predicted octanol–water partition coefficient (Wildman–Crippen LogP) is 10.1. The van der Waals surface area contributed by atoms with E-state index >= 15 is 0 Å². The maximum Gasteiger partial charge on any atom is 0.355 e. The number of nitrogens with zero attached hydrogens (tertiary/aromatic N) is 9. The van der Waals surface area contributed by atoms with Crippen molar-refractivity contribution >= 4 is 89.6 Å². The maximum absolute atomic E-state index is 13.5. The second-order valence-electron chi connectivity index (χ2n) is 25.3.